The van der Waals surface area contributed by atoms with Crippen LogP contribution in [0.4, 0.5) is 0 Å². The first-order valence-electron chi connectivity index (χ1n) is 7.91. The van der Waals surface area contributed by atoms with Crippen LogP contribution in [0.25, 0.3) is 11.0 Å². The Morgan fingerprint density at radius 1 is 1.24 bits per heavy atom. The van der Waals surface area contributed by atoms with E-state index in [1.165, 1.54) is 12.8 Å². The third kappa shape index (κ3) is 3.52. The van der Waals surface area contributed by atoms with Crippen molar-refractivity contribution >= 4 is 22.6 Å². The van der Waals surface area contributed by atoms with Crippen LogP contribution in [0.5, 0.6) is 5.75 Å². The van der Waals surface area contributed by atoms with E-state index in [0.29, 0.717) is 18.4 Å². The van der Waals surface area contributed by atoms with Crippen LogP contribution in [0.15, 0.2) is 18.2 Å². The normalized spacial score (nSPS) is 11.5. The maximum atomic E-state index is 6.11. The van der Waals surface area contributed by atoms with E-state index in [0.717, 1.165) is 35.6 Å². The van der Waals surface area contributed by atoms with Gasteiger partial charge in [0.25, 0.3) is 0 Å². The summed E-state index contributed by atoms with van der Waals surface area (Å²) >= 11 is 6.11. The Kier molecular flexibility index (Phi) is 5.92. The van der Waals surface area contributed by atoms with Gasteiger partial charge < -0.3 is 9.30 Å². The number of rotatable bonds is 8. The minimum Gasteiger partial charge on any atom is -0.491 e. The van der Waals surface area contributed by atoms with E-state index < -0.39 is 0 Å². The molecule has 0 aliphatic carbocycles. The van der Waals surface area contributed by atoms with Gasteiger partial charge in [0.1, 0.15) is 17.1 Å². The van der Waals surface area contributed by atoms with E-state index in [4.69, 9.17) is 21.3 Å². The molecule has 0 fully saturated rings. The minimum absolute atomic E-state index is 0.433. The molecule has 0 unspecified atom stereocenters. The van der Waals surface area contributed by atoms with Crippen molar-refractivity contribution < 1.29 is 4.74 Å². The summed E-state index contributed by atoms with van der Waals surface area (Å²) in [4.78, 5) is 4.71. The number of halogens is 1. The highest BCUT2D eigenvalue weighted by atomic mass is 35.5. The molecule has 0 bridgehead atoms. The molecule has 0 N–H and O–H groups in total. The Morgan fingerprint density at radius 2 is 2.00 bits per heavy atom. The number of benzene rings is 1. The SMILES string of the molecule is CCCOc1cccc2c1nc(CCl)n2CC(CC)CC. The van der Waals surface area contributed by atoms with Crippen molar-refractivity contribution in [3.63, 3.8) is 0 Å². The van der Waals surface area contributed by atoms with Gasteiger partial charge in [0.2, 0.25) is 0 Å². The highest BCUT2D eigenvalue weighted by Gasteiger charge is 2.16. The van der Waals surface area contributed by atoms with Crippen LogP contribution < -0.4 is 4.74 Å². The Morgan fingerprint density at radius 3 is 2.62 bits per heavy atom. The Balaban J connectivity index is 2.43. The fourth-order valence-corrected chi connectivity index (χ4v) is 2.81. The Hall–Kier alpha value is -1.22. The summed E-state index contributed by atoms with van der Waals surface area (Å²) < 4.78 is 8.08. The molecular formula is C17H25ClN2O. The predicted octanol–water partition coefficient (Wildman–Crippen LogP) is 5.00. The van der Waals surface area contributed by atoms with Gasteiger partial charge in [-0.3, -0.25) is 0 Å². The molecule has 0 saturated carbocycles. The van der Waals surface area contributed by atoms with Crippen LogP contribution in [-0.4, -0.2) is 16.2 Å². The van der Waals surface area contributed by atoms with Crippen LogP contribution in [0.1, 0.15) is 45.9 Å². The molecule has 0 aliphatic rings. The molecule has 0 spiro atoms. The number of imidazole rings is 1. The molecule has 3 nitrogen and oxygen atoms in total. The lowest BCUT2D eigenvalue weighted by atomic mass is 10.0. The molecule has 0 atom stereocenters. The quantitative estimate of drug-likeness (QED) is 0.642. The number of nitrogens with zero attached hydrogens (tertiary/aromatic N) is 2. The topological polar surface area (TPSA) is 27.1 Å². The molecular weight excluding hydrogens is 284 g/mol. The minimum atomic E-state index is 0.433. The first-order chi connectivity index (χ1) is 10.2. The van der Waals surface area contributed by atoms with E-state index in [2.05, 4.69) is 31.4 Å². The molecule has 0 amide bonds. The molecule has 0 radical (unpaired) electrons. The van der Waals surface area contributed by atoms with Gasteiger partial charge in [-0.25, -0.2) is 4.98 Å². The third-order valence-corrected chi connectivity index (χ3v) is 4.24. The largest absolute Gasteiger partial charge is 0.491 e. The molecule has 1 aromatic carbocycles. The summed E-state index contributed by atoms with van der Waals surface area (Å²) in [6.07, 6.45) is 3.33. The average molecular weight is 309 g/mol. The smallest absolute Gasteiger partial charge is 0.147 e. The third-order valence-electron chi connectivity index (χ3n) is 4.00. The van der Waals surface area contributed by atoms with E-state index >= 15 is 0 Å². The lowest BCUT2D eigenvalue weighted by Gasteiger charge is -2.15. The molecule has 0 aliphatic heterocycles. The Labute approximate surface area is 132 Å². The molecule has 1 heterocycles. The monoisotopic (exact) mass is 308 g/mol. The van der Waals surface area contributed by atoms with Gasteiger partial charge in [-0.1, -0.05) is 39.7 Å². The van der Waals surface area contributed by atoms with Crippen LogP contribution in [0.2, 0.25) is 0 Å². The zero-order valence-electron chi connectivity index (χ0n) is 13.2. The summed E-state index contributed by atoms with van der Waals surface area (Å²) in [7, 11) is 0. The second-order valence-corrected chi connectivity index (χ2v) is 5.69. The maximum Gasteiger partial charge on any atom is 0.147 e. The van der Waals surface area contributed by atoms with Gasteiger partial charge in [0.05, 0.1) is 18.0 Å². The van der Waals surface area contributed by atoms with E-state index in [9.17, 15) is 0 Å². The number of fused-ring (bicyclic) bond motifs is 1. The predicted molar refractivity (Wildman–Crippen MR) is 89.1 cm³/mol. The fourth-order valence-electron chi connectivity index (χ4n) is 2.61. The molecule has 1 aromatic heterocycles. The van der Waals surface area contributed by atoms with E-state index in [1.807, 2.05) is 12.1 Å². The zero-order chi connectivity index (χ0) is 15.2. The van der Waals surface area contributed by atoms with Crippen molar-refractivity contribution in [1.82, 2.24) is 9.55 Å². The summed E-state index contributed by atoms with van der Waals surface area (Å²) in [6.45, 7) is 8.28. The zero-order valence-corrected chi connectivity index (χ0v) is 14.0. The van der Waals surface area contributed by atoms with Crippen molar-refractivity contribution in [2.24, 2.45) is 5.92 Å². The van der Waals surface area contributed by atoms with Crippen molar-refractivity contribution in [1.29, 1.82) is 0 Å². The lowest BCUT2D eigenvalue weighted by molar-refractivity contribution is 0.320. The highest BCUT2D eigenvalue weighted by Crippen LogP contribution is 2.28. The summed E-state index contributed by atoms with van der Waals surface area (Å²) in [5.41, 5.74) is 2.07. The number of ether oxygens (including phenoxy) is 1. The fraction of sp³-hybridized carbons (Fsp3) is 0.588. The van der Waals surface area contributed by atoms with Crippen molar-refractivity contribution in [2.75, 3.05) is 6.61 Å². The standard InChI is InChI=1S/C17H25ClN2O/c1-4-10-21-15-9-7-8-14-17(15)19-16(11-18)20(14)12-13(5-2)6-3/h7-9,13H,4-6,10-12H2,1-3H3. The summed E-state index contributed by atoms with van der Waals surface area (Å²) in [5, 5.41) is 0. The molecule has 2 rings (SSSR count). The van der Waals surface area contributed by atoms with Crippen LogP contribution in [-0.2, 0) is 12.4 Å². The van der Waals surface area contributed by atoms with E-state index in [-0.39, 0.29) is 0 Å². The number of para-hydroxylation sites is 1. The van der Waals surface area contributed by atoms with E-state index in [1.54, 1.807) is 0 Å². The number of hydrogen-bond donors (Lipinski definition) is 0. The van der Waals surface area contributed by atoms with Crippen LogP contribution in [0.3, 0.4) is 0 Å². The summed E-state index contributed by atoms with van der Waals surface area (Å²) in [5.74, 6) is 2.89. The molecule has 4 heteroatoms. The number of alkyl halides is 1. The van der Waals surface area contributed by atoms with Gasteiger partial charge in [-0.05, 0) is 24.5 Å². The molecule has 21 heavy (non-hydrogen) atoms. The van der Waals surface area contributed by atoms with Crippen molar-refractivity contribution in [3.05, 3.63) is 24.0 Å². The van der Waals surface area contributed by atoms with Gasteiger partial charge >= 0.3 is 0 Å². The van der Waals surface area contributed by atoms with Gasteiger partial charge in [-0.15, -0.1) is 11.6 Å². The first kappa shape index (κ1) is 16.2. The van der Waals surface area contributed by atoms with Crippen LogP contribution in [0, 0.1) is 5.92 Å². The van der Waals surface area contributed by atoms with Gasteiger partial charge in [-0.2, -0.15) is 0 Å². The Bertz CT molecular complexity index is 575. The lowest BCUT2D eigenvalue weighted by Crippen LogP contribution is -2.11. The highest BCUT2D eigenvalue weighted by molar-refractivity contribution is 6.16. The van der Waals surface area contributed by atoms with Crippen molar-refractivity contribution in [3.8, 4) is 5.75 Å². The molecule has 2 aromatic rings. The number of aromatic nitrogens is 2. The van der Waals surface area contributed by atoms with Crippen molar-refractivity contribution in [2.45, 2.75) is 52.5 Å². The van der Waals surface area contributed by atoms with Crippen LogP contribution >= 0.6 is 11.6 Å². The second kappa shape index (κ2) is 7.69. The second-order valence-electron chi connectivity index (χ2n) is 5.43. The molecule has 0 saturated heterocycles. The number of hydrogen-bond acceptors (Lipinski definition) is 2. The first-order valence-corrected chi connectivity index (χ1v) is 8.45. The van der Waals surface area contributed by atoms with Gasteiger partial charge in [0, 0.05) is 6.54 Å². The molecule has 116 valence electrons. The average Bonchev–Trinajstić information content (AvgIpc) is 2.88. The maximum absolute atomic E-state index is 6.11. The summed E-state index contributed by atoms with van der Waals surface area (Å²) in [6, 6.07) is 6.14. The van der Waals surface area contributed by atoms with Gasteiger partial charge in [0.15, 0.2) is 0 Å².